The van der Waals surface area contributed by atoms with E-state index < -0.39 is 23.5 Å². The smallest absolute Gasteiger partial charge is 0.377 e. The molecule has 148 valence electrons. The van der Waals surface area contributed by atoms with E-state index in [1.54, 1.807) is 18.2 Å². The van der Waals surface area contributed by atoms with Crippen LogP contribution in [0.2, 0.25) is 0 Å². The number of hydrogen-bond acceptors (Lipinski definition) is 4. The molecule has 4 aromatic rings. The predicted octanol–water partition coefficient (Wildman–Crippen LogP) is 4.76. The Morgan fingerprint density at radius 2 is 1.63 bits per heavy atom. The van der Waals surface area contributed by atoms with E-state index in [-0.39, 0.29) is 16.8 Å². The molecular weight excluding hydrogens is 389 g/mol. The summed E-state index contributed by atoms with van der Waals surface area (Å²) in [6, 6.07) is 18.3. The number of carboxylic acids is 1. The summed E-state index contributed by atoms with van der Waals surface area (Å²) in [4.78, 5) is 35.8. The fourth-order valence-corrected chi connectivity index (χ4v) is 3.03. The molecule has 0 aliphatic rings. The van der Waals surface area contributed by atoms with Gasteiger partial charge in [0, 0.05) is 16.5 Å². The van der Waals surface area contributed by atoms with Crippen LogP contribution in [0.25, 0.3) is 22.3 Å². The number of carbonyl (C=O) groups is 3. The van der Waals surface area contributed by atoms with Crippen molar-refractivity contribution in [2.45, 2.75) is 0 Å². The molecule has 1 aromatic heterocycles. The zero-order valence-corrected chi connectivity index (χ0v) is 15.4. The van der Waals surface area contributed by atoms with E-state index >= 15 is 0 Å². The normalized spacial score (nSPS) is 10.7. The van der Waals surface area contributed by atoms with Gasteiger partial charge in [-0.3, -0.25) is 9.59 Å². The first-order valence-corrected chi connectivity index (χ1v) is 8.90. The second kappa shape index (κ2) is 7.63. The molecule has 0 radical (unpaired) electrons. The van der Waals surface area contributed by atoms with Gasteiger partial charge in [-0.15, -0.1) is 0 Å². The number of halogens is 1. The molecule has 1 heterocycles. The number of benzene rings is 3. The highest BCUT2D eigenvalue weighted by molar-refractivity contribution is 6.41. The van der Waals surface area contributed by atoms with Crippen LogP contribution < -0.4 is 5.32 Å². The molecular formula is C23H14FNO5. The average Bonchev–Trinajstić information content (AvgIpc) is 3.18. The molecule has 0 atom stereocenters. The van der Waals surface area contributed by atoms with Crippen LogP contribution in [0.5, 0.6) is 0 Å². The van der Waals surface area contributed by atoms with Crippen molar-refractivity contribution < 1.29 is 28.3 Å². The SMILES string of the molecule is O=C(O)C(=O)c1ccc(-c2cc3ccccc3o2)cc1NC(=O)c1ccc(F)cc1. The largest absolute Gasteiger partial charge is 0.475 e. The monoisotopic (exact) mass is 403 g/mol. The molecule has 0 aliphatic heterocycles. The molecule has 0 unspecified atom stereocenters. The number of ketones is 1. The van der Waals surface area contributed by atoms with Gasteiger partial charge in [0.15, 0.2) is 0 Å². The zero-order valence-electron chi connectivity index (χ0n) is 15.4. The zero-order chi connectivity index (χ0) is 21.3. The van der Waals surface area contributed by atoms with Crippen LogP contribution in [-0.4, -0.2) is 22.8 Å². The molecule has 0 saturated heterocycles. The summed E-state index contributed by atoms with van der Waals surface area (Å²) in [6.45, 7) is 0. The van der Waals surface area contributed by atoms with E-state index in [9.17, 15) is 18.8 Å². The predicted molar refractivity (Wildman–Crippen MR) is 108 cm³/mol. The van der Waals surface area contributed by atoms with Crippen molar-refractivity contribution in [3.8, 4) is 11.3 Å². The number of anilines is 1. The maximum atomic E-state index is 13.1. The van der Waals surface area contributed by atoms with Gasteiger partial charge < -0.3 is 14.8 Å². The van der Waals surface area contributed by atoms with E-state index in [0.717, 1.165) is 17.5 Å². The number of carboxylic acid groups (broad SMARTS) is 1. The van der Waals surface area contributed by atoms with Crippen molar-refractivity contribution in [2.24, 2.45) is 0 Å². The van der Waals surface area contributed by atoms with Crippen LogP contribution in [0.1, 0.15) is 20.7 Å². The minimum atomic E-state index is -1.65. The third kappa shape index (κ3) is 3.68. The number of para-hydroxylation sites is 1. The Morgan fingerprint density at radius 3 is 2.33 bits per heavy atom. The number of fused-ring (bicyclic) bond motifs is 1. The lowest BCUT2D eigenvalue weighted by molar-refractivity contribution is -0.131. The number of carbonyl (C=O) groups excluding carboxylic acids is 2. The first kappa shape index (κ1) is 19.1. The first-order chi connectivity index (χ1) is 14.4. The Morgan fingerprint density at radius 1 is 0.900 bits per heavy atom. The van der Waals surface area contributed by atoms with Gasteiger partial charge >= 0.3 is 5.97 Å². The van der Waals surface area contributed by atoms with Gasteiger partial charge in [-0.2, -0.15) is 0 Å². The van der Waals surface area contributed by atoms with Crippen LogP contribution in [0, 0.1) is 5.82 Å². The quantitative estimate of drug-likeness (QED) is 0.370. The Kier molecular flexibility index (Phi) is 4.85. The number of rotatable bonds is 5. The number of aliphatic carboxylic acids is 1. The molecule has 2 N–H and O–H groups in total. The number of amides is 1. The number of furan rings is 1. The van der Waals surface area contributed by atoms with Gasteiger partial charge in [0.1, 0.15) is 17.2 Å². The highest BCUT2D eigenvalue weighted by atomic mass is 19.1. The summed E-state index contributed by atoms with van der Waals surface area (Å²) >= 11 is 0. The highest BCUT2D eigenvalue weighted by Gasteiger charge is 2.21. The van der Waals surface area contributed by atoms with Gasteiger partial charge in [-0.1, -0.05) is 24.3 Å². The maximum Gasteiger partial charge on any atom is 0.377 e. The van der Waals surface area contributed by atoms with Crippen LogP contribution in [0.15, 0.2) is 77.2 Å². The van der Waals surface area contributed by atoms with Gasteiger partial charge in [0.05, 0.1) is 11.3 Å². The number of Topliss-reactive ketones (excluding diaryl/α,β-unsaturated/α-hetero) is 1. The van der Waals surface area contributed by atoms with Crippen LogP contribution in [-0.2, 0) is 4.79 Å². The molecule has 6 nitrogen and oxygen atoms in total. The lowest BCUT2D eigenvalue weighted by Crippen LogP contribution is -2.18. The Balaban J connectivity index is 1.75. The molecule has 7 heteroatoms. The van der Waals surface area contributed by atoms with Crippen LogP contribution in [0.4, 0.5) is 10.1 Å². The van der Waals surface area contributed by atoms with E-state index in [4.69, 9.17) is 9.52 Å². The minimum absolute atomic E-state index is 0.00896. The summed E-state index contributed by atoms with van der Waals surface area (Å²) in [5.74, 6) is -3.44. The van der Waals surface area contributed by atoms with E-state index in [2.05, 4.69) is 5.32 Å². The average molecular weight is 403 g/mol. The van der Waals surface area contributed by atoms with Crippen LogP contribution >= 0.6 is 0 Å². The highest BCUT2D eigenvalue weighted by Crippen LogP contribution is 2.31. The number of nitrogens with one attached hydrogen (secondary N) is 1. The van der Waals surface area contributed by atoms with Gasteiger partial charge in [0.2, 0.25) is 0 Å². The summed E-state index contributed by atoms with van der Waals surface area (Å²) in [6.07, 6.45) is 0. The third-order valence-corrected chi connectivity index (χ3v) is 4.52. The molecule has 0 aliphatic carbocycles. The summed E-state index contributed by atoms with van der Waals surface area (Å²) in [5, 5.41) is 12.5. The van der Waals surface area contributed by atoms with Crippen molar-refractivity contribution in [3.05, 3.63) is 89.7 Å². The fourth-order valence-electron chi connectivity index (χ4n) is 3.03. The maximum absolute atomic E-state index is 13.1. The van der Waals surface area contributed by atoms with E-state index in [1.807, 2.05) is 18.2 Å². The molecule has 0 bridgehead atoms. The Hall–Kier alpha value is -4.26. The number of hydrogen-bond donors (Lipinski definition) is 2. The topological polar surface area (TPSA) is 96.6 Å². The van der Waals surface area contributed by atoms with E-state index in [0.29, 0.717) is 16.9 Å². The second-order valence-corrected chi connectivity index (χ2v) is 6.50. The summed E-state index contributed by atoms with van der Waals surface area (Å²) in [5.41, 5.74) is 1.18. The van der Waals surface area contributed by atoms with Crippen molar-refractivity contribution in [1.29, 1.82) is 0 Å². The molecule has 30 heavy (non-hydrogen) atoms. The standard InChI is InChI=1S/C23H14FNO5/c24-16-8-5-13(6-9-16)22(27)25-18-11-15(7-10-17(18)21(26)23(28)29)20-12-14-3-1-2-4-19(14)30-20/h1-12H,(H,25,27)(H,28,29). The van der Waals surface area contributed by atoms with Crippen molar-refractivity contribution in [2.75, 3.05) is 5.32 Å². The lowest BCUT2D eigenvalue weighted by Gasteiger charge is -2.11. The summed E-state index contributed by atoms with van der Waals surface area (Å²) in [7, 11) is 0. The van der Waals surface area contributed by atoms with Crippen molar-refractivity contribution in [1.82, 2.24) is 0 Å². The summed E-state index contributed by atoms with van der Waals surface area (Å²) < 4.78 is 18.9. The van der Waals surface area contributed by atoms with Crippen LogP contribution in [0.3, 0.4) is 0 Å². The molecule has 0 fully saturated rings. The van der Waals surface area contributed by atoms with Crippen molar-refractivity contribution in [3.63, 3.8) is 0 Å². The first-order valence-electron chi connectivity index (χ1n) is 8.90. The molecule has 3 aromatic carbocycles. The molecule has 0 saturated carbocycles. The lowest BCUT2D eigenvalue weighted by atomic mass is 10.0. The Bertz CT molecular complexity index is 1260. The van der Waals surface area contributed by atoms with E-state index in [1.165, 1.54) is 24.3 Å². The fraction of sp³-hybridized carbons (Fsp3) is 0. The minimum Gasteiger partial charge on any atom is -0.475 e. The second-order valence-electron chi connectivity index (χ2n) is 6.50. The van der Waals surface area contributed by atoms with Crippen molar-refractivity contribution >= 4 is 34.3 Å². The Labute approximate surface area is 169 Å². The molecule has 0 spiro atoms. The molecule has 1 amide bonds. The molecule has 4 rings (SSSR count). The van der Waals surface area contributed by atoms with Gasteiger partial charge in [0.25, 0.3) is 11.7 Å². The third-order valence-electron chi connectivity index (χ3n) is 4.52. The van der Waals surface area contributed by atoms with Gasteiger partial charge in [-0.05, 0) is 48.5 Å². The van der Waals surface area contributed by atoms with Gasteiger partial charge in [-0.25, -0.2) is 9.18 Å².